The van der Waals surface area contributed by atoms with Crippen LogP contribution in [-0.4, -0.2) is 37.6 Å². The Hall–Kier alpha value is -1.59. The fraction of sp³-hybridized carbons (Fsp3) is 0.417. The van der Waals surface area contributed by atoms with Gasteiger partial charge in [0.25, 0.3) is 0 Å². The second kappa shape index (κ2) is 6.88. The van der Waals surface area contributed by atoms with Gasteiger partial charge in [-0.2, -0.15) is 0 Å². The third-order valence-electron chi connectivity index (χ3n) is 2.38. The standard InChI is InChI=1S/C12H19N3O2/c1-17-7-6-15(9-12(14)16)8-10-2-4-11(13)5-3-10/h2-5H,6-9,13H2,1H3,(H2,14,16). The van der Waals surface area contributed by atoms with E-state index in [1.54, 1.807) is 7.11 Å². The summed E-state index contributed by atoms with van der Waals surface area (Å²) < 4.78 is 5.00. The van der Waals surface area contributed by atoms with Gasteiger partial charge in [-0.05, 0) is 17.7 Å². The van der Waals surface area contributed by atoms with E-state index in [2.05, 4.69) is 0 Å². The summed E-state index contributed by atoms with van der Waals surface area (Å²) in [5.74, 6) is -0.337. The van der Waals surface area contributed by atoms with Crippen molar-refractivity contribution >= 4 is 11.6 Å². The molecule has 0 radical (unpaired) electrons. The van der Waals surface area contributed by atoms with E-state index in [0.717, 1.165) is 11.3 Å². The Bertz CT molecular complexity index is 351. The smallest absolute Gasteiger partial charge is 0.231 e. The number of ether oxygens (including phenoxy) is 1. The quantitative estimate of drug-likeness (QED) is 0.664. The number of carbonyl (C=O) groups excluding carboxylic acids is 1. The number of anilines is 1. The van der Waals surface area contributed by atoms with Crippen molar-refractivity contribution in [2.24, 2.45) is 5.73 Å². The lowest BCUT2D eigenvalue weighted by molar-refractivity contribution is -0.119. The highest BCUT2D eigenvalue weighted by atomic mass is 16.5. The van der Waals surface area contributed by atoms with Gasteiger partial charge >= 0.3 is 0 Å². The van der Waals surface area contributed by atoms with Gasteiger partial charge < -0.3 is 16.2 Å². The van der Waals surface area contributed by atoms with Gasteiger partial charge in [-0.3, -0.25) is 9.69 Å². The first-order valence-electron chi connectivity index (χ1n) is 5.46. The lowest BCUT2D eigenvalue weighted by Gasteiger charge is -2.20. The van der Waals surface area contributed by atoms with Crippen LogP contribution in [0.5, 0.6) is 0 Å². The summed E-state index contributed by atoms with van der Waals surface area (Å²) in [6.45, 7) is 2.13. The molecule has 0 bridgehead atoms. The predicted molar refractivity (Wildman–Crippen MR) is 67.2 cm³/mol. The van der Waals surface area contributed by atoms with Crippen molar-refractivity contribution in [3.63, 3.8) is 0 Å². The van der Waals surface area contributed by atoms with Gasteiger partial charge in [0.15, 0.2) is 0 Å². The molecule has 5 nitrogen and oxygen atoms in total. The molecule has 1 amide bonds. The highest BCUT2D eigenvalue weighted by Gasteiger charge is 2.08. The van der Waals surface area contributed by atoms with Crippen LogP contribution in [0, 0.1) is 0 Å². The van der Waals surface area contributed by atoms with Crippen molar-refractivity contribution in [3.05, 3.63) is 29.8 Å². The van der Waals surface area contributed by atoms with E-state index in [-0.39, 0.29) is 12.5 Å². The Kier molecular flexibility index (Phi) is 5.45. The molecule has 17 heavy (non-hydrogen) atoms. The number of nitrogens with two attached hydrogens (primary N) is 2. The van der Waals surface area contributed by atoms with Crippen LogP contribution < -0.4 is 11.5 Å². The van der Waals surface area contributed by atoms with E-state index in [1.807, 2.05) is 29.2 Å². The molecule has 0 aromatic heterocycles. The highest BCUT2D eigenvalue weighted by molar-refractivity contribution is 5.75. The topological polar surface area (TPSA) is 81.6 Å². The first-order chi connectivity index (χ1) is 8.11. The fourth-order valence-electron chi connectivity index (χ4n) is 1.54. The Morgan fingerprint density at radius 3 is 2.53 bits per heavy atom. The minimum Gasteiger partial charge on any atom is -0.399 e. The summed E-state index contributed by atoms with van der Waals surface area (Å²) >= 11 is 0. The zero-order chi connectivity index (χ0) is 12.7. The van der Waals surface area contributed by atoms with E-state index in [0.29, 0.717) is 19.7 Å². The van der Waals surface area contributed by atoms with Crippen molar-refractivity contribution in [1.29, 1.82) is 0 Å². The van der Waals surface area contributed by atoms with E-state index in [9.17, 15) is 4.79 Å². The number of benzene rings is 1. The molecule has 4 N–H and O–H groups in total. The SMILES string of the molecule is COCCN(CC(N)=O)Cc1ccc(N)cc1. The molecule has 0 spiro atoms. The lowest BCUT2D eigenvalue weighted by Crippen LogP contribution is -2.35. The number of nitrogen functional groups attached to an aromatic ring is 1. The van der Waals surface area contributed by atoms with Gasteiger partial charge in [0.05, 0.1) is 13.2 Å². The molecule has 0 aliphatic rings. The summed E-state index contributed by atoms with van der Waals surface area (Å²) in [4.78, 5) is 12.9. The van der Waals surface area contributed by atoms with E-state index < -0.39 is 0 Å². The van der Waals surface area contributed by atoms with Crippen LogP contribution in [0.4, 0.5) is 5.69 Å². The van der Waals surface area contributed by atoms with Crippen LogP contribution in [0.25, 0.3) is 0 Å². The van der Waals surface area contributed by atoms with E-state index in [4.69, 9.17) is 16.2 Å². The van der Waals surface area contributed by atoms with Crippen molar-refractivity contribution in [3.8, 4) is 0 Å². The van der Waals surface area contributed by atoms with Gasteiger partial charge in [0.2, 0.25) is 5.91 Å². The molecule has 1 rings (SSSR count). The van der Waals surface area contributed by atoms with Crippen LogP contribution >= 0.6 is 0 Å². The number of hydrogen-bond acceptors (Lipinski definition) is 4. The van der Waals surface area contributed by atoms with Crippen LogP contribution in [0.2, 0.25) is 0 Å². The largest absolute Gasteiger partial charge is 0.399 e. The molecule has 1 aromatic carbocycles. The molecule has 0 fully saturated rings. The monoisotopic (exact) mass is 237 g/mol. The summed E-state index contributed by atoms with van der Waals surface area (Å²) in [6.07, 6.45) is 0. The number of nitrogens with zero attached hydrogens (tertiary/aromatic N) is 1. The zero-order valence-electron chi connectivity index (χ0n) is 10.1. The Balaban J connectivity index is 2.57. The average Bonchev–Trinajstić information content (AvgIpc) is 2.28. The van der Waals surface area contributed by atoms with Gasteiger partial charge in [0.1, 0.15) is 0 Å². The second-order valence-corrected chi connectivity index (χ2v) is 3.91. The molecule has 0 unspecified atom stereocenters. The van der Waals surface area contributed by atoms with Crippen LogP contribution in [-0.2, 0) is 16.1 Å². The zero-order valence-corrected chi connectivity index (χ0v) is 10.1. The van der Waals surface area contributed by atoms with Crippen molar-refractivity contribution in [1.82, 2.24) is 4.90 Å². The maximum atomic E-state index is 10.9. The summed E-state index contributed by atoms with van der Waals surface area (Å²) in [5, 5.41) is 0. The number of primary amides is 1. The minimum atomic E-state index is -0.337. The van der Waals surface area contributed by atoms with Gasteiger partial charge in [-0.1, -0.05) is 12.1 Å². The molecular formula is C12H19N3O2. The number of hydrogen-bond donors (Lipinski definition) is 2. The molecule has 0 heterocycles. The van der Waals surface area contributed by atoms with Gasteiger partial charge in [0, 0.05) is 25.9 Å². The molecule has 0 atom stereocenters. The van der Waals surface area contributed by atoms with Crippen LogP contribution in [0.15, 0.2) is 24.3 Å². The number of methoxy groups -OCH3 is 1. The van der Waals surface area contributed by atoms with Crippen molar-refractivity contribution in [2.45, 2.75) is 6.54 Å². The first-order valence-corrected chi connectivity index (χ1v) is 5.46. The highest BCUT2D eigenvalue weighted by Crippen LogP contribution is 2.08. The average molecular weight is 237 g/mol. The minimum absolute atomic E-state index is 0.230. The molecule has 1 aromatic rings. The normalized spacial score (nSPS) is 10.7. The molecule has 0 saturated heterocycles. The Morgan fingerprint density at radius 2 is 2.00 bits per heavy atom. The van der Waals surface area contributed by atoms with Gasteiger partial charge in [-0.15, -0.1) is 0 Å². The maximum Gasteiger partial charge on any atom is 0.231 e. The third-order valence-corrected chi connectivity index (χ3v) is 2.38. The Labute approximate surface area is 101 Å². The van der Waals surface area contributed by atoms with Crippen LogP contribution in [0.1, 0.15) is 5.56 Å². The molecule has 0 aliphatic heterocycles. The third kappa shape index (κ3) is 5.33. The van der Waals surface area contributed by atoms with Gasteiger partial charge in [-0.25, -0.2) is 0 Å². The molecule has 0 aliphatic carbocycles. The number of amides is 1. The number of rotatable bonds is 7. The second-order valence-electron chi connectivity index (χ2n) is 3.91. The van der Waals surface area contributed by atoms with Crippen molar-refractivity contribution in [2.75, 3.05) is 32.5 Å². The van der Waals surface area contributed by atoms with Crippen molar-refractivity contribution < 1.29 is 9.53 Å². The molecule has 94 valence electrons. The molecular weight excluding hydrogens is 218 g/mol. The summed E-state index contributed by atoms with van der Waals surface area (Å²) in [6, 6.07) is 7.56. The van der Waals surface area contributed by atoms with Crippen LogP contribution in [0.3, 0.4) is 0 Å². The van der Waals surface area contributed by atoms with E-state index in [1.165, 1.54) is 0 Å². The fourth-order valence-corrected chi connectivity index (χ4v) is 1.54. The first kappa shape index (κ1) is 13.5. The molecule has 0 saturated carbocycles. The number of carbonyl (C=O) groups is 1. The Morgan fingerprint density at radius 1 is 1.35 bits per heavy atom. The predicted octanol–water partition coefficient (Wildman–Crippen LogP) is 0.203. The molecule has 5 heteroatoms. The maximum absolute atomic E-state index is 10.9. The summed E-state index contributed by atoms with van der Waals surface area (Å²) in [7, 11) is 1.63. The lowest BCUT2D eigenvalue weighted by atomic mass is 10.2. The summed E-state index contributed by atoms with van der Waals surface area (Å²) in [5.41, 5.74) is 12.6. The van der Waals surface area contributed by atoms with E-state index >= 15 is 0 Å².